The van der Waals surface area contributed by atoms with Gasteiger partial charge in [-0.1, -0.05) is 30.8 Å². The second-order valence-corrected chi connectivity index (χ2v) is 6.04. The Kier molecular flexibility index (Phi) is 5.42. The molecule has 21 heavy (non-hydrogen) atoms. The summed E-state index contributed by atoms with van der Waals surface area (Å²) < 4.78 is 0. The summed E-state index contributed by atoms with van der Waals surface area (Å²) in [5.41, 5.74) is 8.00. The first-order valence-electron chi connectivity index (χ1n) is 6.99. The maximum absolute atomic E-state index is 11.0. The van der Waals surface area contributed by atoms with Crippen LogP contribution in [0.1, 0.15) is 31.9 Å². The maximum Gasteiger partial charge on any atom is 0.221 e. The number of hydrogen-bond donors (Lipinski definition) is 2. The predicted molar refractivity (Wildman–Crippen MR) is 88.5 cm³/mol. The van der Waals surface area contributed by atoms with Crippen molar-refractivity contribution in [2.75, 3.05) is 5.32 Å². The molecular weight excluding hydrogens is 280 g/mol. The molecular formula is C17H20N2OS. The summed E-state index contributed by atoms with van der Waals surface area (Å²) in [5.74, 6) is -0.0572. The minimum Gasteiger partial charge on any atom is -0.326 e. The Balaban J connectivity index is 2.02. The van der Waals surface area contributed by atoms with Crippen molar-refractivity contribution < 1.29 is 4.79 Å². The van der Waals surface area contributed by atoms with Crippen LogP contribution >= 0.6 is 11.8 Å². The fourth-order valence-corrected chi connectivity index (χ4v) is 2.78. The Labute approximate surface area is 129 Å². The molecule has 0 aliphatic rings. The van der Waals surface area contributed by atoms with Gasteiger partial charge in [0.2, 0.25) is 5.91 Å². The molecule has 0 spiro atoms. The van der Waals surface area contributed by atoms with Crippen molar-refractivity contribution in [2.45, 2.75) is 36.1 Å². The number of anilines is 1. The molecule has 0 fully saturated rings. The van der Waals surface area contributed by atoms with E-state index < -0.39 is 0 Å². The Morgan fingerprint density at radius 3 is 2.10 bits per heavy atom. The van der Waals surface area contributed by atoms with Gasteiger partial charge in [0.05, 0.1) is 0 Å². The first kappa shape index (κ1) is 15.6. The molecule has 110 valence electrons. The first-order chi connectivity index (χ1) is 10.1. The third-order valence-electron chi connectivity index (χ3n) is 3.16. The van der Waals surface area contributed by atoms with E-state index >= 15 is 0 Å². The number of nitrogens with two attached hydrogens (primary N) is 1. The molecule has 4 heteroatoms. The van der Waals surface area contributed by atoms with Crippen molar-refractivity contribution in [3.8, 4) is 0 Å². The number of hydrogen-bond acceptors (Lipinski definition) is 3. The molecule has 0 aliphatic carbocycles. The summed E-state index contributed by atoms with van der Waals surface area (Å²) in [6.45, 7) is 3.59. The van der Waals surface area contributed by atoms with Crippen LogP contribution in [0, 0.1) is 0 Å². The van der Waals surface area contributed by atoms with Crippen LogP contribution in [0.15, 0.2) is 58.3 Å². The summed E-state index contributed by atoms with van der Waals surface area (Å²) in [5, 5.41) is 2.76. The van der Waals surface area contributed by atoms with Gasteiger partial charge in [-0.15, -0.1) is 0 Å². The van der Waals surface area contributed by atoms with Gasteiger partial charge in [0.15, 0.2) is 0 Å². The average molecular weight is 300 g/mol. The Bertz CT molecular complexity index is 593. The zero-order valence-electron chi connectivity index (χ0n) is 12.3. The van der Waals surface area contributed by atoms with Gasteiger partial charge in [0.1, 0.15) is 0 Å². The second-order valence-electron chi connectivity index (χ2n) is 4.89. The third-order valence-corrected chi connectivity index (χ3v) is 4.17. The number of carbonyl (C=O) groups is 1. The fourth-order valence-electron chi connectivity index (χ4n) is 1.96. The Hall–Kier alpha value is -1.78. The van der Waals surface area contributed by atoms with Crippen LogP contribution in [0.25, 0.3) is 0 Å². The van der Waals surface area contributed by atoms with E-state index in [1.165, 1.54) is 17.4 Å². The van der Waals surface area contributed by atoms with Crippen molar-refractivity contribution in [2.24, 2.45) is 5.73 Å². The Morgan fingerprint density at radius 1 is 1.10 bits per heavy atom. The van der Waals surface area contributed by atoms with Crippen LogP contribution in [0.2, 0.25) is 0 Å². The number of amides is 1. The number of rotatable bonds is 5. The number of benzene rings is 2. The van der Waals surface area contributed by atoms with E-state index in [0.29, 0.717) is 0 Å². The van der Waals surface area contributed by atoms with Gasteiger partial charge in [-0.2, -0.15) is 0 Å². The van der Waals surface area contributed by atoms with E-state index in [1.807, 2.05) is 24.3 Å². The topological polar surface area (TPSA) is 55.1 Å². The molecule has 0 aliphatic heterocycles. The van der Waals surface area contributed by atoms with Crippen molar-refractivity contribution in [1.82, 2.24) is 0 Å². The molecule has 1 atom stereocenters. The molecule has 3 nitrogen and oxygen atoms in total. The molecule has 0 bridgehead atoms. The average Bonchev–Trinajstić information content (AvgIpc) is 2.49. The molecule has 2 rings (SSSR count). The smallest absolute Gasteiger partial charge is 0.221 e. The maximum atomic E-state index is 11.0. The van der Waals surface area contributed by atoms with Gasteiger partial charge in [-0.05, 0) is 48.4 Å². The summed E-state index contributed by atoms with van der Waals surface area (Å²) in [6, 6.07) is 16.3. The zero-order chi connectivity index (χ0) is 15.2. The van der Waals surface area contributed by atoms with Crippen molar-refractivity contribution >= 4 is 23.4 Å². The highest BCUT2D eigenvalue weighted by Gasteiger charge is 2.04. The molecule has 2 aromatic carbocycles. The van der Waals surface area contributed by atoms with E-state index in [4.69, 9.17) is 5.73 Å². The first-order valence-corrected chi connectivity index (χ1v) is 7.81. The zero-order valence-corrected chi connectivity index (χ0v) is 13.1. The van der Waals surface area contributed by atoms with Crippen molar-refractivity contribution in [1.29, 1.82) is 0 Å². The predicted octanol–water partition coefficient (Wildman–Crippen LogP) is 4.21. The summed E-state index contributed by atoms with van der Waals surface area (Å²) in [7, 11) is 0. The molecule has 0 saturated carbocycles. The molecule has 0 aromatic heterocycles. The van der Waals surface area contributed by atoms with Crippen LogP contribution in [0.5, 0.6) is 0 Å². The van der Waals surface area contributed by atoms with Gasteiger partial charge < -0.3 is 11.1 Å². The largest absolute Gasteiger partial charge is 0.326 e. The van der Waals surface area contributed by atoms with Crippen molar-refractivity contribution in [3.63, 3.8) is 0 Å². The third kappa shape index (κ3) is 4.62. The Morgan fingerprint density at radius 2 is 1.62 bits per heavy atom. The van der Waals surface area contributed by atoms with E-state index in [1.54, 1.807) is 11.8 Å². The molecule has 2 aromatic rings. The quantitative estimate of drug-likeness (QED) is 0.870. The van der Waals surface area contributed by atoms with Gasteiger partial charge in [-0.3, -0.25) is 4.79 Å². The van der Waals surface area contributed by atoms with E-state index in [0.717, 1.165) is 17.0 Å². The lowest BCUT2D eigenvalue weighted by molar-refractivity contribution is -0.114. The fraction of sp³-hybridized carbons (Fsp3) is 0.235. The van der Waals surface area contributed by atoms with Crippen LogP contribution in [0.3, 0.4) is 0 Å². The normalized spacial score (nSPS) is 12.0. The van der Waals surface area contributed by atoms with E-state index in [2.05, 4.69) is 36.5 Å². The molecule has 0 heterocycles. The minimum absolute atomic E-state index is 0.0572. The van der Waals surface area contributed by atoms with Crippen LogP contribution in [0.4, 0.5) is 5.69 Å². The van der Waals surface area contributed by atoms with Gasteiger partial charge in [0, 0.05) is 28.4 Å². The molecule has 1 unspecified atom stereocenters. The van der Waals surface area contributed by atoms with Crippen LogP contribution < -0.4 is 11.1 Å². The van der Waals surface area contributed by atoms with Gasteiger partial charge in [-0.25, -0.2) is 0 Å². The molecule has 0 radical (unpaired) electrons. The molecule has 3 N–H and O–H groups in total. The van der Waals surface area contributed by atoms with E-state index in [9.17, 15) is 4.79 Å². The number of nitrogens with one attached hydrogen (secondary N) is 1. The van der Waals surface area contributed by atoms with Gasteiger partial charge >= 0.3 is 0 Å². The highest BCUT2D eigenvalue weighted by Crippen LogP contribution is 2.29. The van der Waals surface area contributed by atoms with Crippen LogP contribution in [-0.2, 0) is 4.79 Å². The second kappa shape index (κ2) is 7.29. The molecule has 1 amide bonds. The highest BCUT2D eigenvalue weighted by molar-refractivity contribution is 7.99. The summed E-state index contributed by atoms with van der Waals surface area (Å²) in [4.78, 5) is 13.3. The number of carbonyl (C=O) groups excluding carboxylic acids is 1. The lowest BCUT2D eigenvalue weighted by Crippen LogP contribution is -2.07. The van der Waals surface area contributed by atoms with Crippen molar-refractivity contribution in [3.05, 3.63) is 54.1 Å². The minimum atomic E-state index is -0.0572. The van der Waals surface area contributed by atoms with Crippen LogP contribution in [-0.4, -0.2) is 5.91 Å². The van der Waals surface area contributed by atoms with E-state index in [-0.39, 0.29) is 11.9 Å². The summed E-state index contributed by atoms with van der Waals surface area (Å²) in [6.07, 6.45) is 0.942. The standard InChI is InChI=1S/C17H20N2OS/c1-3-17(18)13-4-8-15(9-5-13)21-16-10-6-14(7-11-16)19-12(2)20/h4-11,17H,3,18H2,1-2H3,(H,19,20). The SMILES string of the molecule is CCC(N)c1ccc(Sc2ccc(NC(C)=O)cc2)cc1. The molecule has 0 saturated heterocycles. The highest BCUT2D eigenvalue weighted by atomic mass is 32.2. The van der Waals surface area contributed by atoms with Gasteiger partial charge in [0.25, 0.3) is 0 Å². The summed E-state index contributed by atoms with van der Waals surface area (Å²) >= 11 is 1.69. The monoisotopic (exact) mass is 300 g/mol. The lowest BCUT2D eigenvalue weighted by atomic mass is 10.1. The lowest BCUT2D eigenvalue weighted by Gasteiger charge is -2.10.